The molecule has 1 aliphatic heterocycles. The molecule has 3 rings (SSSR count). The molecule has 1 saturated heterocycles. The molecule has 5 nitrogen and oxygen atoms in total. The number of piperazine rings is 1. The lowest BCUT2D eigenvalue weighted by atomic mass is 10.0. The van der Waals surface area contributed by atoms with Crippen LogP contribution in [0.2, 0.25) is 0 Å². The molecule has 1 fully saturated rings. The van der Waals surface area contributed by atoms with Gasteiger partial charge in [0, 0.05) is 43.4 Å². The number of fused-ring (bicyclic) bond motifs is 1. The van der Waals surface area contributed by atoms with Crippen LogP contribution in [0, 0.1) is 0 Å². The van der Waals surface area contributed by atoms with Gasteiger partial charge in [0.25, 0.3) is 0 Å². The highest BCUT2D eigenvalue weighted by atomic mass is 35.5. The lowest BCUT2D eigenvalue weighted by Gasteiger charge is -2.30. The molecule has 108 valence electrons. The van der Waals surface area contributed by atoms with Gasteiger partial charge in [-0.15, -0.1) is 24.8 Å². The molecule has 1 aliphatic carbocycles. The van der Waals surface area contributed by atoms with Crippen molar-refractivity contribution in [1.29, 1.82) is 0 Å². The van der Waals surface area contributed by atoms with Crippen LogP contribution in [-0.2, 0) is 6.42 Å². The van der Waals surface area contributed by atoms with Gasteiger partial charge in [0.05, 0.1) is 6.61 Å². The summed E-state index contributed by atoms with van der Waals surface area (Å²) in [6.45, 7) is 4.19. The number of aliphatic hydroxyl groups excluding tert-OH is 1. The average molecular weight is 307 g/mol. The van der Waals surface area contributed by atoms with Crippen LogP contribution in [-0.4, -0.2) is 47.9 Å². The van der Waals surface area contributed by atoms with E-state index in [2.05, 4.69) is 20.2 Å². The summed E-state index contributed by atoms with van der Waals surface area (Å²) < 4.78 is 0. The molecule has 19 heavy (non-hydrogen) atoms. The first kappa shape index (κ1) is 16.4. The third-order valence-corrected chi connectivity index (χ3v) is 3.72. The molecule has 2 aliphatic rings. The van der Waals surface area contributed by atoms with Crippen LogP contribution in [0.5, 0.6) is 0 Å². The first-order valence-electron chi connectivity index (χ1n) is 6.30. The van der Waals surface area contributed by atoms with Gasteiger partial charge in [-0.2, -0.15) is 0 Å². The fourth-order valence-corrected chi connectivity index (χ4v) is 2.81. The normalized spacial score (nSPS) is 21.3. The highest BCUT2D eigenvalue weighted by Gasteiger charge is 2.29. The fraction of sp³-hybridized carbons (Fsp3) is 0.667. The third kappa shape index (κ3) is 3.11. The van der Waals surface area contributed by atoms with Gasteiger partial charge in [0.2, 0.25) is 0 Å². The van der Waals surface area contributed by atoms with Crippen molar-refractivity contribution in [2.45, 2.75) is 18.8 Å². The van der Waals surface area contributed by atoms with Crippen molar-refractivity contribution in [1.82, 2.24) is 15.3 Å². The Morgan fingerprint density at radius 1 is 1.26 bits per heavy atom. The summed E-state index contributed by atoms with van der Waals surface area (Å²) in [7, 11) is 0. The summed E-state index contributed by atoms with van der Waals surface area (Å²) in [6.07, 6.45) is 3.64. The minimum absolute atomic E-state index is 0. The number of aliphatic hydroxyl groups is 1. The fourth-order valence-electron chi connectivity index (χ4n) is 2.81. The van der Waals surface area contributed by atoms with Gasteiger partial charge in [0.1, 0.15) is 12.1 Å². The topological polar surface area (TPSA) is 61.3 Å². The Bertz CT molecular complexity index is 413. The van der Waals surface area contributed by atoms with Crippen LogP contribution in [0.15, 0.2) is 6.33 Å². The largest absolute Gasteiger partial charge is 0.396 e. The van der Waals surface area contributed by atoms with Crippen molar-refractivity contribution in [3.63, 3.8) is 0 Å². The zero-order valence-corrected chi connectivity index (χ0v) is 12.3. The molecule has 0 aromatic carbocycles. The Morgan fingerprint density at radius 3 is 2.68 bits per heavy atom. The van der Waals surface area contributed by atoms with E-state index in [-0.39, 0.29) is 37.3 Å². The van der Waals surface area contributed by atoms with Crippen molar-refractivity contribution in [3.8, 4) is 0 Å². The van der Waals surface area contributed by atoms with Gasteiger partial charge >= 0.3 is 0 Å². The van der Waals surface area contributed by atoms with E-state index in [9.17, 15) is 5.11 Å². The first-order chi connectivity index (χ1) is 8.40. The number of rotatable bonds is 2. The number of aryl methyl sites for hydroxylation is 1. The first-order valence-corrected chi connectivity index (χ1v) is 6.30. The maximum atomic E-state index is 9.45. The van der Waals surface area contributed by atoms with Gasteiger partial charge in [-0.1, -0.05) is 0 Å². The quantitative estimate of drug-likeness (QED) is 0.844. The highest BCUT2D eigenvalue weighted by molar-refractivity contribution is 5.85. The molecular weight excluding hydrogens is 287 g/mol. The second kappa shape index (κ2) is 7.24. The Balaban J connectivity index is 0.000000902. The highest BCUT2D eigenvalue weighted by Crippen LogP contribution is 2.36. The van der Waals surface area contributed by atoms with Crippen LogP contribution in [0.1, 0.15) is 23.6 Å². The van der Waals surface area contributed by atoms with Crippen LogP contribution in [0.3, 0.4) is 0 Å². The summed E-state index contributed by atoms with van der Waals surface area (Å²) >= 11 is 0. The molecule has 0 spiro atoms. The number of nitrogens with one attached hydrogen (secondary N) is 1. The van der Waals surface area contributed by atoms with E-state index in [1.807, 2.05) is 0 Å². The van der Waals surface area contributed by atoms with Crippen molar-refractivity contribution < 1.29 is 5.11 Å². The van der Waals surface area contributed by atoms with Crippen molar-refractivity contribution in [3.05, 3.63) is 17.6 Å². The Hall–Kier alpha value is -0.620. The minimum Gasteiger partial charge on any atom is -0.396 e. The van der Waals surface area contributed by atoms with E-state index >= 15 is 0 Å². The van der Waals surface area contributed by atoms with Crippen LogP contribution < -0.4 is 10.2 Å². The lowest BCUT2D eigenvalue weighted by molar-refractivity contribution is 0.265. The Labute approximate surface area is 125 Å². The zero-order valence-electron chi connectivity index (χ0n) is 10.7. The van der Waals surface area contributed by atoms with E-state index in [4.69, 9.17) is 0 Å². The van der Waals surface area contributed by atoms with Crippen molar-refractivity contribution in [2.24, 2.45) is 0 Å². The molecule has 1 aromatic heterocycles. The predicted octanol–water partition coefficient (Wildman–Crippen LogP) is 0.752. The van der Waals surface area contributed by atoms with E-state index < -0.39 is 0 Å². The maximum Gasteiger partial charge on any atom is 0.135 e. The van der Waals surface area contributed by atoms with Crippen LogP contribution in [0.25, 0.3) is 0 Å². The van der Waals surface area contributed by atoms with Gasteiger partial charge in [-0.3, -0.25) is 0 Å². The standard InChI is InChI=1S/C12H18N4O.2ClH/c17-7-9-1-2-10-11(9)12(15-8-14-10)16-5-3-13-4-6-16;;/h8-9,13,17H,1-7H2;2*1H/t9-;;/m0../s1. The van der Waals surface area contributed by atoms with E-state index in [1.54, 1.807) is 6.33 Å². The molecule has 0 saturated carbocycles. The smallest absolute Gasteiger partial charge is 0.135 e. The van der Waals surface area contributed by atoms with Gasteiger partial charge < -0.3 is 15.3 Å². The summed E-state index contributed by atoms with van der Waals surface area (Å²) in [5.41, 5.74) is 2.32. The second-order valence-corrected chi connectivity index (χ2v) is 4.71. The number of anilines is 1. The van der Waals surface area contributed by atoms with Gasteiger partial charge in [-0.25, -0.2) is 9.97 Å². The Morgan fingerprint density at radius 2 is 2.00 bits per heavy atom. The molecule has 0 unspecified atom stereocenters. The molecule has 1 aromatic rings. The number of nitrogens with zero attached hydrogens (tertiary/aromatic N) is 3. The summed E-state index contributed by atoms with van der Waals surface area (Å²) in [6, 6.07) is 0. The van der Waals surface area contributed by atoms with Crippen LogP contribution >= 0.6 is 24.8 Å². The van der Waals surface area contributed by atoms with Crippen molar-refractivity contribution in [2.75, 3.05) is 37.7 Å². The number of hydrogen-bond acceptors (Lipinski definition) is 5. The summed E-state index contributed by atoms with van der Waals surface area (Å²) in [4.78, 5) is 11.1. The monoisotopic (exact) mass is 306 g/mol. The van der Waals surface area contributed by atoms with Crippen LogP contribution in [0.4, 0.5) is 5.82 Å². The number of halogens is 2. The SMILES string of the molecule is Cl.Cl.OC[C@@H]1CCc2ncnc(N3CCNCC3)c21. The molecule has 2 N–H and O–H groups in total. The van der Waals surface area contributed by atoms with Gasteiger partial charge in [0.15, 0.2) is 0 Å². The number of hydrogen-bond donors (Lipinski definition) is 2. The Kier molecular flexibility index (Phi) is 6.26. The molecule has 0 bridgehead atoms. The van der Waals surface area contributed by atoms with Crippen molar-refractivity contribution >= 4 is 30.6 Å². The minimum atomic E-state index is 0. The average Bonchev–Trinajstić information content (AvgIpc) is 2.82. The molecule has 1 atom stereocenters. The zero-order chi connectivity index (χ0) is 11.7. The molecule has 7 heteroatoms. The molecule has 0 amide bonds. The number of aromatic nitrogens is 2. The maximum absolute atomic E-state index is 9.45. The summed E-state index contributed by atoms with van der Waals surface area (Å²) in [5.74, 6) is 1.28. The molecular formula is C12H20Cl2N4O. The summed E-state index contributed by atoms with van der Waals surface area (Å²) in [5, 5.41) is 12.8. The second-order valence-electron chi connectivity index (χ2n) is 4.71. The lowest BCUT2D eigenvalue weighted by Crippen LogP contribution is -2.44. The molecule has 0 radical (unpaired) electrons. The van der Waals surface area contributed by atoms with E-state index in [1.165, 1.54) is 5.56 Å². The third-order valence-electron chi connectivity index (χ3n) is 3.72. The van der Waals surface area contributed by atoms with E-state index in [0.717, 1.165) is 50.5 Å². The van der Waals surface area contributed by atoms with Gasteiger partial charge in [-0.05, 0) is 12.8 Å². The predicted molar refractivity (Wildman–Crippen MR) is 79.8 cm³/mol. The van der Waals surface area contributed by atoms with E-state index in [0.29, 0.717) is 0 Å². The molecule has 2 heterocycles.